The number of rotatable bonds is 5. The lowest BCUT2D eigenvalue weighted by molar-refractivity contribution is -0.125. The van der Waals surface area contributed by atoms with E-state index in [-0.39, 0.29) is 12.4 Å². The second-order valence-electron chi connectivity index (χ2n) is 4.16. The molecule has 6 nitrogen and oxygen atoms in total. The van der Waals surface area contributed by atoms with Gasteiger partial charge in [-0.25, -0.2) is 0 Å². The summed E-state index contributed by atoms with van der Waals surface area (Å²) in [4.78, 5) is 11.7. The van der Waals surface area contributed by atoms with Crippen LogP contribution in [0, 0.1) is 0 Å². The Kier molecular flexibility index (Phi) is 3.40. The molecular weight excluding hydrogens is 236 g/mol. The average Bonchev–Trinajstić information content (AvgIpc) is 2.69. The minimum atomic E-state index is -1.05. The van der Waals surface area contributed by atoms with Crippen molar-refractivity contribution >= 4 is 5.91 Å². The van der Waals surface area contributed by atoms with E-state index >= 15 is 0 Å². The molecule has 1 atom stereocenters. The van der Waals surface area contributed by atoms with Crippen LogP contribution in [0.2, 0.25) is 0 Å². The summed E-state index contributed by atoms with van der Waals surface area (Å²) in [6.45, 7) is 1.05. The number of fused-ring (bicyclic) bond motifs is 1. The van der Waals surface area contributed by atoms with Crippen molar-refractivity contribution in [2.45, 2.75) is 5.54 Å². The molecule has 0 bridgehead atoms. The van der Waals surface area contributed by atoms with Gasteiger partial charge < -0.3 is 20.3 Å². The van der Waals surface area contributed by atoms with Crippen molar-refractivity contribution in [1.82, 2.24) is 5.32 Å². The van der Waals surface area contributed by atoms with Gasteiger partial charge in [0.25, 0.3) is 0 Å². The maximum atomic E-state index is 11.7. The Hall–Kier alpha value is -1.79. The van der Waals surface area contributed by atoms with Gasteiger partial charge in [-0.3, -0.25) is 10.1 Å². The summed E-state index contributed by atoms with van der Waals surface area (Å²) >= 11 is 0. The number of carbonyl (C=O) groups is 1. The Balaban J connectivity index is 2.31. The van der Waals surface area contributed by atoms with Crippen LogP contribution in [-0.2, 0) is 15.1 Å². The first kappa shape index (κ1) is 12.7. The van der Waals surface area contributed by atoms with E-state index in [1.165, 1.54) is 12.1 Å². The third-order valence-corrected chi connectivity index (χ3v) is 3.02. The molecule has 98 valence electrons. The largest absolute Gasteiger partial charge is 0.508 e. The number of aromatic hydroxyl groups is 1. The maximum Gasteiger partial charge on any atom is 0.246 e. The van der Waals surface area contributed by atoms with Crippen LogP contribution < -0.4 is 15.8 Å². The van der Waals surface area contributed by atoms with Crippen molar-refractivity contribution in [3.05, 3.63) is 23.8 Å². The Morgan fingerprint density at radius 2 is 2.44 bits per heavy atom. The number of phenols is 1. The molecule has 1 aliphatic rings. The van der Waals surface area contributed by atoms with Crippen LogP contribution in [0.1, 0.15) is 5.56 Å². The molecule has 4 N–H and O–H groups in total. The molecule has 0 spiro atoms. The molecule has 0 saturated carbocycles. The number of amides is 1. The van der Waals surface area contributed by atoms with Crippen molar-refractivity contribution in [1.29, 1.82) is 0 Å². The number of primary amides is 1. The molecule has 1 amide bonds. The zero-order valence-corrected chi connectivity index (χ0v) is 10.1. The molecule has 0 saturated heterocycles. The molecule has 1 heterocycles. The van der Waals surface area contributed by atoms with Crippen LogP contribution in [0.4, 0.5) is 0 Å². The third kappa shape index (κ3) is 2.00. The highest BCUT2D eigenvalue weighted by Crippen LogP contribution is 2.38. The van der Waals surface area contributed by atoms with E-state index < -0.39 is 11.4 Å². The molecule has 1 aromatic rings. The Bertz CT molecular complexity index is 463. The van der Waals surface area contributed by atoms with Gasteiger partial charge in [-0.15, -0.1) is 0 Å². The van der Waals surface area contributed by atoms with Crippen molar-refractivity contribution in [3.8, 4) is 11.5 Å². The zero-order valence-electron chi connectivity index (χ0n) is 10.1. The number of benzene rings is 1. The van der Waals surface area contributed by atoms with E-state index in [4.69, 9.17) is 15.2 Å². The van der Waals surface area contributed by atoms with Gasteiger partial charge in [0.2, 0.25) is 5.91 Å². The van der Waals surface area contributed by atoms with E-state index in [0.717, 1.165) is 0 Å². The standard InChI is InChI=1S/C12H16N2O4/c1-17-5-4-14-12(11(13)16)7-18-10-6-8(15)2-3-9(10)12/h2-3,6,14-15H,4-5,7H2,1H3,(H2,13,16). The highest BCUT2D eigenvalue weighted by atomic mass is 16.5. The van der Waals surface area contributed by atoms with Crippen LogP contribution >= 0.6 is 0 Å². The number of nitrogens with one attached hydrogen (secondary N) is 1. The summed E-state index contributed by atoms with van der Waals surface area (Å²) in [7, 11) is 1.58. The van der Waals surface area contributed by atoms with Crippen LogP contribution in [-0.4, -0.2) is 37.9 Å². The van der Waals surface area contributed by atoms with Gasteiger partial charge in [-0.2, -0.15) is 0 Å². The lowest BCUT2D eigenvalue weighted by atomic mass is 9.91. The Labute approximate surface area is 105 Å². The number of ether oxygens (including phenoxy) is 2. The number of nitrogens with two attached hydrogens (primary N) is 1. The van der Waals surface area contributed by atoms with E-state index in [2.05, 4.69) is 5.32 Å². The SMILES string of the molecule is COCCNC1(C(N)=O)COc2cc(O)ccc21. The van der Waals surface area contributed by atoms with Crippen molar-refractivity contribution in [2.24, 2.45) is 5.73 Å². The fraction of sp³-hybridized carbons (Fsp3) is 0.417. The van der Waals surface area contributed by atoms with Gasteiger partial charge in [0.1, 0.15) is 18.1 Å². The highest BCUT2D eigenvalue weighted by Gasteiger charge is 2.45. The molecule has 1 unspecified atom stereocenters. The van der Waals surface area contributed by atoms with Gasteiger partial charge >= 0.3 is 0 Å². The van der Waals surface area contributed by atoms with Gasteiger partial charge in [0.05, 0.1) is 6.61 Å². The summed E-state index contributed by atoms with van der Waals surface area (Å²) < 4.78 is 10.4. The average molecular weight is 252 g/mol. The number of hydrogen-bond acceptors (Lipinski definition) is 5. The number of carbonyl (C=O) groups excluding carboxylic acids is 1. The first-order valence-corrected chi connectivity index (χ1v) is 5.60. The third-order valence-electron chi connectivity index (χ3n) is 3.02. The quantitative estimate of drug-likeness (QED) is 0.626. The molecule has 6 heteroatoms. The minimum absolute atomic E-state index is 0.0888. The fourth-order valence-electron chi connectivity index (χ4n) is 2.05. The smallest absolute Gasteiger partial charge is 0.246 e. The second kappa shape index (κ2) is 4.83. The van der Waals surface area contributed by atoms with Gasteiger partial charge in [-0.05, 0) is 12.1 Å². The van der Waals surface area contributed by atoms with Crippen molar-refractivity contribution in [3.63, 3.8) is 0 Å². The minimum Gasteiger partial charge on any atom is -0.508 e. The lowest BCUT2D eigenvalue weighted by Crippen LogP contribution is -2.54. The topological polar surface area (TPSA) is 93.8 Å². The molecule has 18 heavy (non-hydrogen) atoms. The molecule has 0 fully saturated rings. The predicted octanol–water partition coefficient (Wildman–Crippen LogP) is -0.299. The number of methoxy groups -OCH3 is 1. The first-order chi connectivity index (χ1) is 8.60. The highest BCUT2D eigenvalue weighted by molar-refractivity contribution is 5.88. The zero-order chi connectivity index (χ0) is 13.2. The summed E-state index contributed by atoms with van der Waals surface area (Å²) in [5.74, 6) is 0.0488. The van der Waals surface area contributed by atoms with Gasteiger partial charge in [0, 0.05) is 25.3 Å². The van der Waals surface area contributed by atoms with Crippen molar-refractivity contribution < 1.29 is 19.4 Å². The summed E-state index contributed by atoms with van der Waals surface area (Å²) in [6, 6.07) is 4.61. The molecule has 0 radical (unpaired) electrons. The predicted molar refractivity (Wildman–Crippen MR) is 64.4 cm³/mol. The molecule has 0 aliphatic carbocycles. The summed E-state index contributed by atoms with van der Waals surface area (Å²) in [5, 5.41) is 12.4. The summed E-state index contributed by atoms with van der Waals surface area (Å²) in [5.41, 5.74) is 5.07. The fourth-order valence-corrected chi connectivity index (χ4v) is 2.05. The first-order valence-electron chi connectivity index (χ1n) is 5.60. The molecular formula is C12H16N2O4. The van der Waals surface area contributed by atoms with E-state index in [0.29, 0.717) is 24.5 Å². The molecule has 1 aliphatic heterocycles. The number of hydrogen-bond donors (Lipinski definition) is 3. The van der Waals surface area contributed by atoms with Crippen LogP contribution in [0.15, 0.2) is 18.2 Å². The van der Waals surface area contributed by atoms with Crippen LogP contribution in [0.3, 0.4) is 0 Å². The van der Waals surface area contributed by atoms with Crippen molar-refractivity contribution in [2.75, 3.05) is 26.9 Å². The van der Waals surface area contributed by atoms with Crippen LogP contribution in [0.25, 0.3) is 0 Å². The van der Waals surface area contributed by atoms with Crippen LogP contribution in [0.5, 0.6) is 11.5 Å². The molecule has 2 rings (SSSR count). The van der Waals surface area contributed by atoms with Gasteiger partial charge in [0.15, 0.2) is 5.54 Å². The van der Waals surface area contributed by atoms with E-state index in [1.54, 1.807) is 13.2 Å². The second-order valence-corrected chi connectivity index (χ2v) is 4.16. The summed E-state index contributed by atoms with van der Waals surface area (Å²) in [6.07, 6.45) is 0. The molecule has 1 aromatic carbocycles. The monoisotopic (exact) mass is 252 g/mol. The molecule has 0 aromatic heterocycles. The Morgan fingerprint density at radius 3 is 3.11 bits per heavy atom. The number of phenolic OH excluding ortho intramolecular Hbond substituents is 1. The van der Waals surface area contributed by atoms with E-state index in [1.807, 2.05) is 0 Å². The normalized spacial score (nSPS) is 21.4. The lowest BCUT2D eigenvalue weighted by Gasteiger charge is -2.25. The van der Waals surface area contributed by atoms with E-state index in [9.17, 15) is 9.90 Å². The van der Waals surface area contributed by atoms with Gasteiger partial charge in [-0.1, -0.05) is 0 Å². The Morgan fingerprint density at radius 1 is 1.67 bits per heavy atom. The maximum absolute atomic E-state index is 11.7.